The zero-order valence-electron chi connectivity index (χ0n) is 17.6. The third-order valence-electron chi connectivity index (χ3n) is 6.99. The van der Waals surface area contributed by atoms with E-state index in [1.54, 1.807) is 19.1 Å². The van der Waals surface area contributed by atoms with Gasteiger partial charge in [-0.3, -0.25) is 19.3 Å². The molecule has 0 saturated heterocycles. The highest BCUT2D eigenvalue weighted by atomic mass is 16.4. The minimum atomic E-state index is -2.89. The number of benzene rings is 1. The topological polar surface area (TPSA) is 182 Å². The van der Waals surface area contributed by atoms with Crippen molar-refractivity contribution in [3.8, 4) is 5.75 Å². The number of primary amides is 1. The normalized spacial score (nSPS) is 34.4. The molecule has 10 nitrogen and oxygen atoms in total. The zero-order valence-corrected chi connectivity index (χ0v) is 17.6. The third-order valence-corrected chi connectivity index (χ3v) is 6.99. The van der Waals surface area contributed by atoms with Crippen molar-refractivity contribution in [2.75, 3.05) is 14.1 Å². The molecule has 1 fully saturated rings. The number of fused-ring (bicyclic) bond motifs is 3. The van der Waals surface area contributed by atoms with E-state index in [0.29, 0.717) is 5.56 Å². The number of hydrogen-bond acceptors (Lipinski definition) is 9. The minimum Gasteiger partial charge on any atom is -0.508 e. The average Bonchev–Trinajstić information content (AvgIpc) is 2.70. The molecule has 6 atom stereocenters. The molecule has 0 radical (unpaired) electrons. The summed E-state index contributed by atoms with van der Waals surface area (Å²) < 4.78 is 0. The highest BCUT2D eigenvalue weighted by Gasteiger charge is 2.68. The Morgan fingerprint density at radius 1 is 1.16 bits per heavy atom. The van der Waals surface area contributed by atoms with Gasteiger partial charge < -0.3 is 31.3 Å². The van der Waals surface area contributed by atoms with Gasteiger partial charge in [-0.15, -0.1) is 0 Å². The van der Waals surface area contributed by atoms with Crippen LogP contribution in [0.4, 0.5) is 0 Å². The predicted molar refractivity (Wildman–Crippen MR) is 110 cm³/mol. The maximum absolute atomic E-state index is 13.7. The van der Waals surface area contributed by atoms with Gasteiger partial charge in [0.1, 0.15) is 22.8 Å². The maximum Gasteiger partial charge on any atom is 0.255 e. The van der Waals surface area contributed by atoms with Crippen LogP contribution < -0.4 is 5.73 Å². The van der Waals surface area contributed by atoms with Crippen molar-refractivity contribution in [2.45, 2.75) is 30.6 Å². The summed E-state index contributed by atoms with van der Waals surface area (Å²) >= 11 is 0. The lowest BCUT2D eigenvalue weighted by molar-refractivity contribution is -0.169. The fraction of sp³-hybridized carbons (Fsp3) is 0.409. The number of phenolic OH excluding ortho intramolecular Hbond substituents is 1. The van der Waals surface area contributed by atoms with Gasteiger partial charge in [0.2, 0.25) is 5.78 Å². The number of nitrogens with zero attached hydrogens (tertiary/aromatic N) is 1. The number of carbonyl (C=O) groups is 3. The first-order valence-electron chi connectivity index (χ1n) is 10.0. The lowest BCUT2D eigenvalue weighted by Gasteiger charge is -2.53. The number of aliphatic hydroxyl groups excluding tert-OH is 3. The first kappa shape index (κ1) is 22.0. The second-order valence-electron chi connectivity index (χ2n) is 8.79. The van der Waals surface area contributed by atoms with Crippen molar-refractivity contribution in [1.29, 1.82) is 0 Å². The van der Waals surface area contributed by atoms with Crippen molar-refractivity contribution in [3.63, 3.8) is 0 Å². The van der Waals surface area contributed by atoms with Crippen LogP contribution in [0.25, 0.3) is 5.76 Å². The van der Waals surface area contributed by atoms with Crippen LogP contribution in [0.15, 0.2) is 35.1 Å². The number of carbonyl (C=O) groups excluding carboxylic acids is 3. The first-order chi connectivity index (χ1) is 14.9. The van der Waals surface area contributed by atoms with E-state index in [9.17, 15) is 39.9 Å². The van der Waals surface area contributed by atoms with E-state index in [4.69, 9.17) is 5.73 Å². The Morgan fingerprint density at radius 3 is 2.34 bits per heavy atom. The molecule has 32 heavy (non-hydrogen) atoms. The second-order valence-corrected chi connectivity index (χ2v) is 8.79. The molecule has 0 spiro atoms. The van der Waals surface area contributed by atoms with Crippen molar-refractivity contribution < 1.29 is 39.9 Å². The molecule has 0 heterocycles. The van der Waals surface area contributed by atoms with E-state index in [-0.39, 0.29) is 11.3 Å². The van der Waals surface area contributed by atoms with Gasteiger partial charge in [-0.2, -0.15) is 0 Å². The van der Waals surface area contributed by atoms with Gasteiger partial charge >= 0.3 is 0 Å². The summed E-state index contributed by atoms with van der Waals surface area (Å²) in [4.78, 5) is 40.0. The number of aliphatic hydroxyl groups is 4. The van der Waals surface area contributed by atoms with Gasteiger partial charge in [0.25, 0.3) is 5.91 Å². The molecule has 0 aromatic heterocycles. The standard InChI is InChI=1S/C22H24N2O8/c1-7-8-5-4-6-9(25)11(8)16(26)12-10(7)17(27)14-15(24(2)3)18(28)13(21(23)31)20(30)22(14,32)19(12)29/h4-7,10,14-15,17,25-27,30,32H,1-3H3,(H2,23,31)/t7-,10?,14?,15?,17-,22?/m0/s1. The van der Waals surface area contributed by atoms with E-state index >= 15 is 0 Å². The Labute approximate surface area is 182 Å². The summed E-state index contributed by atoms with van der Waals surface area (Å²) in [6.07, 6.45) is -1.59. The molecule has 3 aliphatic carbocycles. The van der Waals surface area contributed by atoms with E-state index in [2.05, 4.69) is 0 Å². The Bertz CT molecular complexity index is 1140. The second kappa shape index (κ2) is 6.89. The van der Waals surface area contributed by atoms with Crippen LogP contribution in [0.1, 0.15) is 24.0 Å². The number of hydrogen-bond donors (Lipinski definition) is 6. The largest absolute Gasteiger partial charge is 0.508 e. The molecule has 7 N–H and O–H groups in total. The average molecular weight is 444 g/mol. The van der Waals surface area contributed by atoms with Crippen molar-refractivity contribution in [1.82, 2.24) is 4.90 Å². The molecule has 1 aromatic carbocycles. The van der Waals surface area contributed by atoms with Gasteiger partial charge in [-0.1, -0.05) is 19.1 Å². The Morgan fingerprint density at radius 2 is 1.78 bits per heavy atom. The number of Topliss-reactive ketones (excluding diaryl/α,β-unsaturated/α-hetero) is 2. The van der Waals surface area contributed by atoms with Crippen LogP contribution in [0.5, 0.6) is 5.75 Å². The van der Waals surface area contributed by atoms with Crippen LogP contribution in [0.2, 0.25) is 0 Å². The predicted octanol–water partition coefficient (Wildman–Crippen LogP) is -0.504. The SMILES string of the molecule is C[C@H]1c2cccc(O)c2C(O)=C2C(=O)C3(O)C(O)=C(C(N)=O)C(=O)C(N(C)C)C3[C@@H](O)C21. The quantitative estimate of drug-likeness (QED) is 0.327. The van der Waals surface area contributed by atoms with Gasteiger partial charge in [0, 0.05) is 11.5 Å². The lowest BCUT2D eigenvalue weighted by Crippen LogP contribution is -2.70. The monoisotopic (exact) mass is 444 g/mol. The summed E-state index contributed by atoms with van der Waals surface area (Å²) in [6.45, 7) is 1.68. The number of nitrogens with two attached hydrogens (primary N) is 1. The summed E-state index contributed by atoms with van der Waals surface area (Å²) in [6, 6.07) is 3.13. The number of likely N-dealkylation sites (N-methyl/N-ethyl adjacent to an activating group) is 1. The van der Waals surface area contributed by atoms with Crippen LogP contribution >= 0.6 is 0 Å². The van der Waals surface area contributed by atoms with Gasteiger partial charge in [0.05, 0.1) is 23.6 Å². The van der Waals surface area contributed by atoms with Crippen LogP contribution in [-0.2, 0) is 14.4 Å². The Hall–Kier alpha value is -3.21. The van der Waals surface area contributed by atoms with Crippen LogP contribution in [0, 0.1) is 11.8 Å². The first-order valence-corrected chi connectivity index (χ1v) is 10.0. The summed E-state index contributed by atoms with van der Waals surface area (Å²) in [5.41, 5.74) is 1.47. The molecule has 4 unspecified atom stereocenters. The number of rotatable bonds is 2. The molecule has 1 amide bonds. The molecule has 170 valence electrons. The number of ketones is 2. The molecule has 3 aliphatic rings. The number of aromatic hydroxyl groups is 1. The number of phenols is 1. The molecule has 4 rings (SSSR count). The molecular formula is C22H24N2O8. The van der Waals surface area contributed by atoms with Crippen LogP contribution in [0.3, 0.4) is 0 Å². The Balaban J connectivity index is 2.07. The summed E-state index contributed by atoms with van der Waals surface area (Å²) in [5, 5.41) is 54.9. The summed E-state index contributed by atoms with van der Waals surface area (Å²) in [7, 11) is 2.92. The maximum atomic E-state index is 13.7. The fourth-order valence-corrected chi connectivity index (χ4v) is 5.58. The molecule has 1 aromatic rings. The third kappa shape index (κ3) is 2.48. The molecule has 0 bridgehead atoms. The highest BCUT2D eigenvalue weighted by Crippen LogP contribution is 2.55. The molecule has 0 aliphatic heterocycles. The van der Waals surface area contributed by atoms with Crippen molar-refractivity contribution in [2.24, 2.45) is 17.6 Å². The lowest BCUT2D eigenvalue weighted by atomic mass is 9.54. The van der Waals surface area contributed by atoms with E-state index in [0.717, 1.165) is 0 Å². The summed E-state index contributed by atoms with van der Waals surface area (Å²) in [5.74, 6) is -8.87. The van der Waals surface area contributed by atoms with E-state index in [1.165, 1.54) is 25.1 Å². The van der Waals surface area contributed by atoms with Crippen molar-refractivity contribution in [3.05, 3.63) is 46.2 Å². The van der Waals surface area contributed by atoms with Crippen molar-refractivity contribution >= 4 is 23.2 Å². The van der Waals surface area contributed by atoms with Gasteiger partial charge in [-0.25, -0.2) is 0 Å². The van der Waals surface area contributed by atoms with E-state index in [1.807, 2.05) is 0 Å². The van der Waals surface area contributed by atoms with Gasteiger partial charge in [0.15, 0.2) is 11.4 Å². The van der Waals surface area contributed by atoms with Crippen LogP contribution in [-0.4, -0.2) is 79.7 Å². The smallest absolute Gasteiger partial charge is 0.255 e. The minimum absolute atomic E-state index is 0.0245. The van der Waals surface area contributed by atoms with E-state index < -0.39 is 75.6 Å². The molecule has 10 heteroatoms. The zero-order chi connectivity index (χ0) is 23.9. The highest BCUT2D eigenvalue weighted by molar-refractivity contribution is 6.24. The molecular weight excluding hydrogens is 420 g/mol. The fourth-order valence-electron chi connectivity index (χ4n) is 5.58. The van der Waals surface area contributed by atoms with Gasteiger partial charge in [-0.05, 0) is 31.6 Å². The Kier molecular flexibility index (Phi) is 4.74. The molecule has 1 saturated carbocycles. The number of amides is 1.